The average Bonchev–Trinajstić information content (AvgIpc) is 2.55. The molecule has 3 atom stereocenters. The fourth-order valence-electron chi connectivity index (χ4n) is 2.92. The summed E-state index contributed by atoms with van der Waals surface area (Å²) in [6, 6.07) is 9.72. The third-order valence-electron chi connectivity index (χ3n) is 3.89. The molecule has 1 aliphatic rings. The molecule has 1 aliphatic carbocycles. The van der Waals surface area contributed by atoms with E-state index in [-0.39, 0.29) is 17.9 Å². The summed E-state index contributed by atoms with van der Waals surface area (Å²) in [6.07, 6.45) is 4.45. The van der Waals surface area contributed by atoms with Crippen molar-refractivity contribution in [3.63, 3.8) is 0 Å². The maximum atomic E-state index is 12.4. The minimum atomic E-state index is -0.536. The van der Waals surface area contributed by atoms with E-state index < -0.39 is 11.8 Å². The van der Waals surface area contributed by atoms with Crippen molar-refractivity contribution in [3.05, 3.63) is 48.0 Å². The van der Waals surface area contributed by atoms with Crippen LogP contribution in [0, 0.1) is 11.8 Å². The highest BCUT2D eigenvalue weighted by molar-refractivity contribution is 5.84. The minimum Gasteiger partial charge on any atom is -0.466 e. The van der Waals surface area contributed by atoms with Crippen LogP contribution in [-0.2, 0) is 19.1 Å². The van der Waals surface area contributed by atoms with E-state index >= 15 is 0 Å². The van der Waals surface area contributed by atoms with Crippen molar-refractivity contribution in [1.82, 2.24) is 0 Å². The predicted molar refractivity (Wildman–Crippen MR) is 83.2 cm³/mol. The van der Waals surface area contributed by atoms with Crippen molar-refractivity contribution in [3.8, 4) is 0 Å². The molecule has 118 valence electrons. The van der Waals surface area contributed by atoms with Crippen molar-refractivity contribution in [1.29, 1.82) is 0 Å². The first kappa shape index (κ1) is 16.3. The molecule has 1 aromatic carbocycles. The Balaban J connectivity index is 2.34. The van der Waals surface area contributed by atoms with E-state index in [0.29, 0.717) is 19.6 Å². The molecule has 0 aromatic heterocycles. The van der Waals surface area contributed by atoms with Gasteiger partial charge in [0.25, 0.3) is 0 Å². The first-order chi connectivity index (χ1) is 10.7. The molecule has 3 unspecified atom stereocenters. The third-order valence-corrected chi connectivity index (χ3v) is 3.89. The molecule has 0 aliphatic heterocycles. The summed E-state index contributed by atoms with van der Waals surface area (Å²) in [4.78, 5) is 24.7. The Bertz CT molecular complexity index is 535. The molecular weight excluding hydrogens is 280 g/mol. The number of esters is 2. The second-order valence-corrected chi connectivity index (χ2v) is 5.24. The lowest BCUT2D eigenvalue weighted by Gasteiger charge is -2.32. The maximum absolute atomic E-state index is 12.4. The molecule has 0 bridgehead atoms. The van der Waals surface area contributed by atoms with E-state index in [1.807, 2.05) is 42.5 Å². The molecule has 4 nitrogen and oxygen atoms in total. The summed E-state index contributed by atoms with van der Waals surface area (Å²) < 4.78 is 10.4. The Morgan fingerprint density at radius 3 is 2.32 bits per heavy atom. The van der Waals surface area contributed by atoms with Gasteiger partial charge in [-0.2, -0.15) is 0 Å². The molecule has 2 rings (SSSR count). The van der Waals surface area contributed by atoms with Crippen LogP contribution in [0.5, 0.6) is 0 Å². The maximum Gasteiger partial charge on any atom is 0.310 e. The van der Waals surface area contributed by atoms with Gasteiger partial charge in [0.15, 0.2) is 0 Å². The van der Waals surface area contributed by atoms with Crippen LogP contribution in [0.2, 0.25) is 0 Å². The Labute approximate surface area is 131 Å². The van der Waals surface area contributed by atoms with E-state index in [4.69, 9.17) is 9.47 Å². The molecule has 4 heteroatoms. The first-order valence-electron chi connectivity index (χ1n) is 7.73. The smallest absolute Gasteiger partial charge is 0.310 e. The lowest BCUT2D eigenvalue weighted by molar-refractivity contribution is -0.161. The minimum absolute atomic E-state index is 0.164. The first-order valence-corrected chi connectivity index (χ1v) is 7.73. The molecule has 0 fully saturated rings. The molecule has 0 saturated carbocycles. The van der Waals surface area contributed by atoms with Gasteiger partial charge in [0.2, 0.25) is 0 Å². The topological polar surface area (TPSA) is 52.6 Å². The van der Waals surface area contributed by atoms with Crippen LogP contribution in [0.15, 0.2) is 42.5 Å². The highest BCUT2D eigenvalue weighted by Crippen LogP contribution is 2.38. The fraction of sp³-hybridized carbons (Fsp3) is 0.444. The highest BCUT2D eigenvalue weighted by Gasteiger charge is 2.42. The number of rotatable bonds is 5. The van der Waals surface area contributed by atoms with Gasteiger partial charge in [-0.25, -0.2) is 0 Å². The van der Waals surface area contributed by atoms with Gasteiger partial charge in [0.05, 0.1) is 25.0 Å². The number of carbonyl (C=O) groups excluding carboxylic acids is 2. The summed E-state index contributed by atoms with van der Waals surface area (Å²) in [6.45, 7) is 4.15. The van der Waals surface area contributed by atoms with Gasteiger partial charge in [-0.1, -0.05) is 42.5 Å². The average molecular weight is 302 g/mol. The van der Waals surface area contributed by atoms with Crippen LogP contribution < -0.4 is 0 Å². The number of carbonyl (C=O) groups is 2. The van der Waals surface area contributed by atoms with Gasteiger partial charge in [-0.3, -0.25) is 9.59 Å². The van der Waals surface area contributed by atoms with Crippen molar-refractivity contribution < 1.29 is 19.1 Å². The van der Waals surface area contributed by atoms with E-state index in [1.54, 1.807) is 13.8 Å². The molecule has 0 saturated heterocycles. The molecule has 0 amide bonds. The summed E-state index contributed by atoms with van der Waals surface area (Å²) in [5.41, 5.74) is 1.01. The van der Waals surface area contributed by atoms with Gasteiger partial charge in [-0.15, -0.1) is 0 Å². The van der Waals surface area contributed by atoms with Crippen LogP contribution in [0.4, 0.5) is 0 Å². The standard InChI is InChI=1S/C18H22O4/c1-3-21-17(19)15-12-8-11-14(13-9-6-5-7-10-13)16(15)18(20)22-4-2/h5-11,14-16H,3-4,12H2,1-2H3. The van der Waals surface area contributed by atoms with Crippen molar-refractivity contribution in [2.24, 2.45) is 11.8 Å². The second kappa shape index (κ2) is 7.78. The Morgan fingerprint density at radius 1 is 1.05 bits per heavy atom. The van der Waals surface area contributed by atoms with Crippen LogP contribution in [-0.4, -0.2) is 25.2 Å². The Kier molecular flexibility index (Phi) is 5.75. The normalized spacial score (nSPS) is 23.8. The van der Waals surface area contributed by atoms with E-state index in [2.05, 4.69) is 0 Å². The summed E-state index contributed by atoms with van der Waals surface area (Å²) in [5.74, 6) is -1.85. The Hall–Kier alpha value is -2.10. The Morgan fingerprint density at radius 2 is 1.68 bits per heavy atom. The summed E-state index contributed by atoms with van der Waals surface area (Å²) >= 11 is 0. The van der Waals surface area contributed by atoms with E-state index in [1.165, 1.54) is 0 Å². The third kappa shape index (κ3) is 3.56. The zero-order chi connectivity index (χ0) is 15.9. The number of hydrogen-bond donors (Lipinski definition) is 0. The van der Waals surface area contributed by atoms with E-state index in [0.717, 1.165) is 5.56 Å². The second-order valence-electron chi connectivity index (χ2n) is 5.24. The van der Waals surface area contributed by atoms with Crippen LogP contribution in [0.1, 0.15) is 31.7 Å². The monoisotopic (exact) mass is 302 g/mol. The van der Waals surface area contributed by atoms with Crippen molar-refractivity contribution in [2.75, 3.05) is 13.2 Å². The SMILES string of the molecule is CCOC(=O)C1CC=CC(c2ccccc2)C1C(=O)OCC. The largest absolute Gasteiger partial charge is 0.466 e. The van der Waals surface area contributed by atoms with Gasteiger partial charge in [-0.05, 0) is 25.8 Å². The number of ether oxygens (including phenoxy) is 2. The van der Waals surface area contributed by atoms with Gasteiger partial charge < -0.3 is 9.47 Å². The zero-order valence-corrected chi connectivity index (χ0v) is 13.0. The van der Waals surface area contributed by atoms with Crippen LogP contribution >= 0.6 is 0 Å². The van der Waals surface area contributed by atoms with Crippen LogP contribution in [0.25, 0.3) is 0 Å². The van der Waals surface area contributed by atoms with Crippen molar-refractivity contribution >= 4 is 11.9 Å². The quantitative estimate of drug-likeness (QED) is 0.619. The lowest BCUT2D eigenvalue weighted by atomic mass is 9.73. The van der Waals surface area contributed by atoms with E-state index in [9.17, 15) is 9.59 Å². The molecule has 0 N–H and O–H groups in total. The number of benzene rings is 1. The zero-order valence-electron chi connectivity index (χ0n) is 13.0. The van der Waals surface area contributed by atoms with Crippen LogP contribution in [0.3, 0.4) is 0 Å². The molecule has 0 spiro atoms. The predicted octanol–water partition coefficient (Wildman–Crippen LogP) is 3.09. The lowest BCUT2D eigenvalue weighted by Crippen LogP contribution is -2.37. The fourth-order valence-corrected chi connectivity index (χ4v) is 2.92. The summed E-state index contributed by atoms with van der Waals surface area (Å²) in [7, 11) is 0. The van der Waals surface area contributed by atoms with Gasteiger partial charge in [0, 0.05) is 5.92 Å². The molecule has 0 radical (unpaired) electrons. The molecule has 1 aromatic rings. The van der Waals surface area contributed by atoms with Crippen molar-refractivity contribution in [2.45, 2.75) is 26.2 Å². The number of hydrogen-bond acceptors (Lipinski definition) is 4. The molecule has 22 heavy (non-hydrogen) atoms. The number of allylic oxidation sites excluding steroid dienone is 2. The molecule has 0 heterocycles. The molecular formula is C18H22O4. The van der Waals surface area contributed by atoms with Gasteiger partial charge in [0.1, 0.15) is 0 Å². The summed E-state index contributed by atoms with van der Waals surface area (Å²) in [5, 5.41) is 0. The van der Waals surface area contributed by atoms with Gasteiger partial charge >= 0.3 is 11.9 Å². The highest BCUT2D eigenvalue weighted by atomic mass is 16.5.